The number of aromatic amines is 1. The van der Waals surface area contributed by atoms with E-state index in [2.05, 4.69) is 10.3 Å². The first-order chi connectivity index (χ1) is 10.3. The second-order valence-corrected chi connectivity index (χ2v) is 5.62. The Morgan fingerprint density at radius 3 is 2.50 bits per heavy atom. The number of carbonyl (C=O) groups is 3. The molecule has 0 radical (unpaired) electrons. The minimum absolute atomic E-state index is 0.0135. The summed E-state index contributed by atoms with van der Waals surface area (Å²) in [6, 6.07) is 0.261. The van der Waals surface area contributed by atoms with Crippen LogP contribution >= 0.6 is 0 Å². The number of nitrogens with zero attached hydrogens (tertiary/aromatic N) is 1. The van der Waals surface area contributed by atoms with Crippen LogP contribution in [0.4, 0.5) is 0 Å². The molecule has 0 unspecified atom stereocenters. The van der Waals surface area contributed by atoms with E-state index in [0.717, 1.165) is 12.8 Å². The third-order valence-electron chi connectivity index (χ3n) is 3.71. The van der Waals surface area contributed by atoms with Gasteiger partial charge in [0.2, 0.25) is 5.91 Å². The van der Waals surface area contributed by atoms with Crippen LogP contribution in [0.3, 0.4) is 0 Å². The molecule has 1 aliphatic carbocycles. The molecule has 0 atom stereocenters. The zero-order chi connectivity index (χ0) is 16.4. The van der Waals surface area contributed by atoms with Gasteiger partial charge in [0.1, 0.15) is 5.69 Å². The van der Waals surface area contributed by atoms with E-state index in [1.54, 1.807) is 20.9 Å². The van der Waals surface area contributed by atoms with E-state index in [0.29, 0.717) is 22.5 Å². The number of amides is 2. The SMILES string of the molecule is COC(=O)c1c(C)[nH]c(C(=O)N(C)CC(=O)NC2CC2)c1C. The minimum Gasteiger partial charge on any atom is -0.465 e. The van der Waals surface area contributed by atoms with E-state index in [4.69, 9.17) is 4.74 Å². The monoisotopic (exact) mass is 307 g/mol. The second kappa shape index (κ2) is 6.21. The van der Waals surface area contributed by atoms with Gasteiger partial charge in [-0.25, -0.2) is 4.79 Å². The molecule has 0 bridgehead atoms. The number of nitrogens with one attached hydrogen (secondary N) is 2. The number of hydrogen-bond acceptors (Lipinski definition) is 4. The van der Waals surface area contributed by atoms with Gasteiger partial charge < -0.3 is 19.9 Å². The molecule has 120 valence electrons. The van der Waals surface area contributed by atoms with E-state index < -0.39 is 5.97 Å². The fourth-order valence-electron chi connectivity index (χ4n) is 2.35. The first-order valence-electron chi connectivity index (χ1n) is 7.17. The third kappa shape index (κ3) is 3.29. The van der Waals surface area contributed by atoms with Gasteiger partial charge in [-0.3, -0.25) is 9.59 Å². The van der Waals surface area contributed by atoms with Gasteiger partial charge in [-0.15, -0.1) is 0 Å². The van der Waals surface area contributed by atoms with Gasteiger partial charge in [0, 0.05) is 18.8 Å². The molecule has 2 N–H and O–H groups in total. The fraction of sp³-hybridized carbons (Fsp3) is 0.533. The molecule has 1 aliphatic rings. The Morgan fingerprint density at radius 2 is 1.95 bits per heavy atom. The molecule has 0 aliphatic heterocycles. The molecule has 2 amide bonds. The average Bonchev–Trinajstić information content (AvgIpc) is 3.21. The van der Waals surface area contributed by atoms with Crippen LogP contribution in [-0.2, 0) is 9.53 Å². The molecule has 0 saturated heterocycles. The molecule has 22 heavy (non-hydrogen) atoms. The number of aryl methyl sites for hydroxylation is 1. The Hall–Kier alpha value is -2.31. The van der Waals surface area contributed by atoms with Gasteiger partial charge in [-0.05, 0) is 32.3 Å². The van der Waals surface area contributed by atoms with E-state index in [1.165, 1.54) is 12.0 Å². The van der Waals surface area contributed by atoms with Crippen molar-refractivity contribution in [2.45, 2.75) is 32.7 Å². The highest BCUT2D eigenvalue weighted by molar-refractivity contribution is 6.01. The maximum Gasteiger partial charge on any atom is 0.339 e. The lowest BCUT2D eigenvalue weighted by atomic mass is 10.1. The first kappa shape index (κ1) is 16.1. The van der Waals surface area contributed by atoms with Crippen molar-refractivity contribution < 1.29 is 19.1 Å². The second-order valence-electron chi connectivity index (χ2n) is 5.62. The number of esters is 1. The van der Waals surface area contributed by atoms with Crippen molar-refractivity contribution in [3.8, 4) is 0 Å². The summed E-state index contributed by atoms with van der Waals surface area (Å²) in [7, 11) is 2.85. The molecular formula is C15H21N3O4. The molecule has 1 fully saturated rings. The van der Waals surface area contributed by atoms with Crippen LogP contribution in [-0.4, -0.2) is 54.4 Å². The summed E-state index contributed by atoms with van der Waals surface area (Å²) < 4.78 is 4.72. The largest absolute Gasteiger partial charge is 0.465 e. The van der Waals surface area contributed by atoms with Crippen molar-refractivity contribution in [3.05, 3.63) is 22.5 Å². The van der Waals surface area contributed by atoms with Gasteiger partial charge in [0.25, 0.3) is 5.91 Å². The minimum atomic E-state index is -0.487. The lowest BCUT2D eigenvalue weighted by molar-refractivity contribution is -0.121. The van der Waals surface area contributed by atoms with E-state index in [9.17, 15) is 14.4 Å². The first-order valence-corrected chi connectivity index (χ1v) is 7.17. The molecule has 1 heterocycles. The van der Waals surface area contributed by atoms with E-state index in [-0.39, 0.29) is 24.4 Å². The molecular weight excluding hydrogens is 286 g/mol. The Bertz CT molecular complexity index is 617. The van der Waals surface area contributed by atoms with Crippen LogP contribution in [0, 0.1) is 13.8 Å². The van der Waals surface area contributed by atoms with Crippen LogP contribution in [0.1, 0.15) is 44.9 Å². The topological polar surface area (TPSA) is 91.5 Å². The average molecular weight is 307 g/mol. The maximum atomic E-state index is 12.4. The van der Waals surface area contributed by atoms with Crippen LogP contribution in [0.5, 0.6) is 0 Å². The van der Waals surface area contributed by atoms with Gasteiger partial charge in [0.15, 0.2) is 0 Å². The Morgan fingerprint density at radius 1 is 1.32 bits per heavy atom. The van der Waals surface area contributed by atoms with Crippen LogP contribution in [0.2, 0.25) is 0 Å². The van der Waals surface area contributed by atoms with Gasteiger partial charge in [-0.1, -0.05) is 0 Å². The van der Waals surface area contributed by atoms with Crippen molar-refractivity contribution in [2.75, 3.05) is 20.7 Å². The Labute approximate surface area is 129 Å². The molecule has 1 saturated carbocycles. The number of ether oxygens (including phenoxy) is 1. The summed E-state index contributed by atoms with van der Waals surface area (Å²) >= 11 is 0. The Kier molecular flexibility index (Phi) is 4.54. The molecule has 1 aromatic heterocycles. The summed E-state index contributed by atoms with van der Waals surface area (Å²) in [6.07, 6.45) is 2.00. The molecule has 0 spiro atoms. The highest BCUT2D eigenvalue weighted by Crippen LogP contribution is 2.20. The van der Waals surface area contributed by atoms with Gasteiger partial charge in [-0.2, -0.15) is 0 Å². The van der Waals surface area contributed by atoms with Crippen molar-refractivity contribution in [1.29, 1.82) is 0 Å². The summed E-state index contributed by atoms with van der Waals surface area (Å²) in [4.78, 5) is 40.2. The van der Waals surface area contributed by atoms with E-state index in [1.807, 2.05) is 0 Å². The van der Waals surface area contributed by atoms with Crippen LogP contribution in [0.15, 0.2) is 0 Å². The number of rotatable bonds is 5. The molecule has 1 aromatic rings. The zero-order valence-electron chi connectivity index (χ0n) is 13.3. The van der Waals surface area contributed by atoms with Crippen molar-refractivity contribution in [1.82, 2.24) is 15.2 Å². The molecule has 7 nitrogen and oxygen atoms in total. The number of methoxy groups -OCH3 is 1. The third-order valence-corrected chi connectivity index (χ3v) is 3.71. The van der Waals surface area contributed by atoms with Crippen LogP contribution in [0.25, 0.3) is 0 Å². The number of hydrogen-bond donors (Lipinski definition) is 2. The molecule has 2 rings (SSSR count). The molecule has 0 aromatic carbocycles. The van der Waals surface area contributed by atoms with Crippen molar-refractivity contribution in [3.63, 3.8) is 0 Å². The fourth-order valence-corrected chi connectivity index (χ4v) is 2.35. The number of carbonyl (C=O) groups excluding carboxylic acids is 3. The van der Waals surface area contributed by atoms with Gasteiger partial charge in [0.05, 0.1) is 19.2 Å². The van der Waals surface area contributed by atoms with E-state index >= 15 is 0 Å². The summed E-state index contributed by atoms with van der Waals surface area (Å²) in [5, 5.41) is 2.83. The highest BCUT2D eigenvalue weighted by atomic mass is 16.5. The maximum absolute atomic E-state index is 12.4. The zero-order valence-corrected chi connectivity index (χ0v) is 13.3. The standard InChI is InChI=1S/C15H21N3O4/c1-8-12(15(21)22-4)9(2)16-13(8)14(20)18(3)7-11(19)17-10-5-6-10/h10,16H,5-7H2,1-4H3,(H,17,19). The van der Waals surface area contributed by atoms with Crippen molar-refractivity contribution >= 4 is 17.8 Å². The highest BCUT2D eigenvalue weighted by Gasteiger charge is 2.27. The number of H-pyrrole nitrogens is 1. The lowest BCUT2D eigenvalue weighted by Gasteiger charge is -2.16. The normalized spacial score (nSPS) is 13.6. The predicted molar refractivity (Wildman–Crippen MR) is 79.7 cm³/mol. The summed E-state index contributed by atoms with van der Waals surface area (Å²) in [6.45, 7) is 3.37. The summed E-state index contributed by atoms with van der Waals surface area (Å²) in [5.41, 5.74) is 1.77. The lowest BCUT2D eigenvalue weighted by Crippen LogP contribution is -2.39. The summed E-state index contributed by atoms with van der Waals surface area (Å²) in [5.74, 6) is -0.992. The smallest absolute Gasteiger partial charge is 0.339 e. The predicted octanol–water partition coefficient (Wildman–Crippen LogP) is 0.769. The number of aromatic nitrogens is 1. The molecule has 7 heteroatoms. The quantitative estimate of drug-likeness (QED) is 0.786. The Balaban J connectivity index is 2.11. The van der Waals surface area contributed by atoms with Crippen molar-refractivity contribution in [2.24, 2.45) is 0 Å². The van der Waals surface area contributed by atoms with Gasteiger partial charge >= 0.3 is 5.97 Å². The van der Waals surface area contributed by atoms with Crippen LogP contribution < -0.4 is 5.32 Å². The number of likely N-dealkylation sites (N-methyl/N-ethyl adjacent to an activating group) is 1.